The fourth-order valence-electron chi connectivity index (χ4n) is 1.06. The van der Waals surface area contributed by atoms with Gasteiger partial charge in [0.2, 0.25) is 5.91 Å². The Morgan fingerprint density at radius 2 is 2.21 bits per heavy atom. The number of amides is 1. The average molecular weight is 198 g/mol. The van der Waals surface area contributed by atoms with Crippen LogP contribution in [0.2, 0.25) is 0 Å². The smallest absolute Gasteiger partial charge is 0.237 e. The maximum Gasteiger partial charge on any atom is 0.237 e. The minimum atomic E-state index is -0.442. The van der Waals surface area contributed by atoms with Crippen molar-refractivity contribution in [2.75, 3.05) is 20.1 Å². The molecule has 0 aliphatic carbocycles. The normalized spacial score (nSPS) is 14.6. The molecular formula is C10H18N2O2. The van der Waals surface area contributed by atoms with E-state index in [4.69, 9.17) is 11.5 Å². The molecule has 0 fully saturated rings. The molecule has 2 atom stereocenters. The predicted molar refractivity (Wildman–Crippen MR) is 55.6 cm³/mol. The number of nitrogens with zero attached hydrogens (tertiary/aromatic N) is 1. The molecule has 0 bridgehead atoms. The Morgan fingerprint density at radius 3 is 2.64 bits per heavy atom. The zero-order valence-electron chi connectivity index (χ0n) is 8.95. The quantitative estimate of drug-likeness (QED) is 0.582. The highest BCUT2D eigenvalue weighted by Crippen LogP contribution is 1.97. The van der Waals surface area contributed by atoms with E-state index in [1.54, 1.807) is 25.8 Å². The van der Waals surface area contributed by atoms with Crippen molar-refractivity contribution in [2.45, 2.75) is 26.0 Å². The van der Waals surface area contributed by atoms with Crippen LogP contribution < -0.4 is 5.32 Å². The van der Waals surface area contributed by atoms with Gasteiger partial charge in [0.25, 0.3) is 0 Å². The zero-order valence-corrected chi connectivity index (χ0v) is 8.95. The molecule has 0 rings (SSSR count). The number of hydrogen-bond acceptors (Lipinski definition) is 3. The van der Waals surface area contributed by atoms with Crippen LogP contribution in [0.3, 0.4) is 0 Å². The van der Waals surface area contributed by atoms with E-state index in [0.29, 0.717) is 6.54 Å². The summed E-state index contributed by atoms with van der Waals surface area (Å²) in [6.07, 6.45) is 4.57. The van der Waals surface area contributed by atoms with Crippen molar-refractivity contribution in [1.82, 2.24) is 10.2 Å². The Labute approximate surface area is 85.3 Å². The Kier molecular flexibility index (Phi) is 5.93. The largest absolute Gasteiger partial charge is 0.392 e. The molecule has 0 aromatic heterocycles. The first-order chi connectivity index (χ1) is 6.49. The van der Waals surface area contributed by atoms with Gasteiger partial charge in [0.1, 0.15) is 0 Å². The van der Waals surface area contributed by atoms with Gasteiger partial charge in [0.15, 0.2) is 0 Å². The molecule has 0 radical (unpaired) electrons. The maximum atomic E-state index is 11.4. The highest BCUT2D eigenvalue weighted by Gasteiger charge is 2.17. The second-order valence-electron chi connectivity index (χ2n) is 3.39. The number of nitrogens with one attached hydrogen (secondary N) is 1. The molecule has 4 heteroatoms. The number of aliphatic hydroxyl groups excluding tert-OH is 1. The third kappa shape index (κ3) is 4.85. The van der Waals surface area contributed by atoms with Crippen molar-refractivity contribution in [2.24, 2.45) is 0 Å². The minimum Gasteiger partial charge on any atom is -0.392 e. The monoisotopic (exact) mass is 198 g/mol. The Bertz CT molecular complexity index is 221. The van der Waals surface area contributed by atoms with Crippen LogP contribution in [-0.2, 0) is 4.79 Å². The summed E-state index contributed by atoms with van der Waals surface area (Å²) in [7, 11) is 1.78. The van der Waals surface area contributed by atoms with E-state index in [2.05, 4.69) is 11.2 Å². The molecule has 0 aliphatic heterocycles. The average Bonchev–Trinajstić information content (AvgIpc) is 2.11. The summed E-state index contributed by atoms with van der Waals surface area (Å²) in [5, 5.41) is 11.7. The molecule has 0 saturated heterocycles. The Balaban J connectivity index is 3.98. The fraction of sp³-hybridized carbons (Fsp3) is 0.700. The number of carbonyl (C=O) groups is 1. The van der Waals surface area contributed by atoms with Crippen LogP contribution in [0.5, 0.6) is 0 Å². The van der Waals surface area contributed by atoms with Gasteiger partial charge in [-0.15, -0.1) is 6.42 Å². The van der Waals surface area contributed by atoms with E-state index in [0.717, 1.165) is 0 Å². The van der Waals surface area contributed by atoms with E-state index in [-0.39, 0.29) is 18.5 Å². The van der Waals surface area contributed by atoms with E-state index in [9.17, 15) is 4.79 Å². The van der Waals surface area contributed by atoms with Crippen molar-refractivity contribution in [3.05, 3.63) is 0 Å². The van der Waals surface area contributed by atoms with Crippen LogP contribution in [0.15, 0.2) is 0 Å². The lowest BCUT2D eigenvalue weighted by molar-refractivity contribution is -0.125. The molecule has 0 spiro atoms. The first kappa shape index (κ1) is 12.9. The van der Waals surface area contributed by atoms with E-state index in [1.165, 1.54) is 0 Å². The van der Waals surface area contributed by atoms with Crippen LogP contribution in [0.4, 0.5) is 0 Å². The molecule has 0 aromatic rings. The first-order valence-electron chi connectivity index (χ1n) is 4.58. The number of likely N-dealkylation sites (N-methyl/N-ethyl adjacent to an activating group) is 1. The summed E-state index contributed by atoms with van der Waals surface area (Å²) in [5.74, 6) is 2.21. The third-order valence-electron chi connectivity index (χ3n) is 1.96. The number of rotatable bonds is 5. The summed E-state index contributed by atoms with van der Waals surface area (Å²) in [6, 6.07) is -0.280. The van der Waals surface area contributed by atoms with Crippen LogP contribution in [0.25, 0.3) is 0 Å². The van der Waals surface area contributed by atoms with Gasteiger partial charge < -0.3 is 10.4 Å². The second kappa shape index (κ2) is 6.41. The molecule has 4 nitrogen and oxygen atoms in total. The molecule has 14 heavy (non-hydrogen) atoms. The van der Waals surface area contributed by atoms with Crippen molar-refractivity contribution in [3.8, 4) is 12.3 Å². The van der Waals surface area contributed by atoms with Crippen molar-refractivity contribution in [3.63, 3.8) is 0 Å². The molecule has 2 unspecified atom stereocenters. The fourth-order valence-corrected chi connectivity index (χ4v) is 1.06. The number of hydrogen-bond donors (Lipinski definition) is 2. The van der Waals surface area contributed by atoms with Crippen molar-refractivity contribution in [1.29, 1.82) is 0 Å². The number of terminal acetylenes is 1. The Hall–Kier alpha value is -1.05. The summed E-state index contributed by atoms with van der Waals surface area (Å²) in [4.78, 5) is 13.2. The van der Waals surface area contributed by atoms with Gasteiger partial charge in [-0.2, -0.15) is 0 Å². The molecular weight excluding hydrogens is 180 g/mol. The number of carbonyl (C=O) groups excluding carboxylic acids is 1. The summed E-state index contributed by atoms with van der Waals surface area (Å²) < 4.78 is 0. The second-order valence-corrected chi connectivity index (χ2v) is 3.39. The molecule has 1 amide bonds. The minimum absolute atomic E-state index is 0.119. The lowest BCUT2D eigenvalue weighted by Gasteiger charge is -2.24. The molecule has 0 heterocycles. The van der Waals surface area contributed by atoms with E-state index in [1.807, 2.05) is 0 Å². The van der Waals surface area contributed by atoms with Crippen molar-refractivity contribution < 1.29 is 9.90 Å². The molecule has 2 N–H and O–H groups in total. The van der Waals surface area contributed by atoms with Gasteiger partial charge in [0.05, 0.1) is 18.7 Å². The highest BCUT2D eigenvalue weighted by molar-refractivity contribution is 5.81. The van der Waals surface area contributed by atoms with Crippen molar-refractivity contribution >= 4 is 5.91 Å². The predicted octanol–water partition coefficient (Wildman–Crippen LogP) is -0.563. The molecule has 0 aliphatic rings. The molecule has 80 valence electrons. The van der Waals surface area contributed by atoms with Gasteiger partial charge in [-0.25, -0.2) is 0 Å². The van der Waals surface area contributed by atoms with Gasteiger partial charge in [-0.1, -0.05) is 5.92 Å². The number of aliphatic hydroxyl groups is 1. The first-order valence-corrected chi connectivity index (χ1v) is 4.58. The Morgan fingerprint density at radius 1 is 1.64 bits per heavy atom. The van der Waals surface area contributed by atoms with Crippen LogP contribution in [0, 0.1) is 12.3 Å². The summed E-state index contributed by atoms with van der Waals surface area (Å²) in [6.45, 7) is 4.16. The molecule has 0 saturated carbocycles. The maximum absolute atomic E-state index is 11.4. The lowest BCUT2D eigenvalue weighted by Crippen LogP contribution is -2.45. The van der Waals surface area contributed by atoms with Gasteiger partial charge in [-0.05, 0) is 20.9 Å². The third-order valence-corrected chi connectivity index (χ3v) is 1.96. The lowest BCUT2D eigenvalue weighted by atomic mass is 10.2. The highest BCUT2D eigenvalue weighted by atomic mass is 16.3. The topological polar surface area (TPSA) is 52.6 Å². The van der Waals surface area contributed by atoms with Gasteiger partial charge in [0, 0.05) is 6.54 Å². The van der Waals surface area contributed by atoms with Crippen LogP contribution in [-0.4, -0.2) is 48.2 Å². The van der Waals surface area contributed by atoms with Crippen LogP contribution in [0.1, 0.15) is 13.8 Å². The standard InChI is InChI=1S/C10H18N2O2/c1-5-6-11-10(14)9(3)12(4)7-8(2)13/h1,8-9,13H,6-7H2,2-4H3,(H,11,14). The summed E-state index contributed by atoms with van der Waals surface area (Å²) >= 11 is 0. The van der Waals surface area contributed by atoms with E-state index < -0.39 is 6.10 Å². The van der Waals surface area contributed by atoms with Gasteiger partial charge >= 0.3 is 0 Å². The van der Waals surface area contributed by atoms with Gasteiger partial charge in [-0.3, -0.25) is 9.69 Å². The van der Waals surface area contributed by atoms with E-state index >= 15 is 0 Å². The summed E-state index contributed by atoms with van der Waals surface area (Å²) in [5.41, 5.74) is 0. The van der Waals surface area contributed by atoms with Crippen LogP contribution >= 0.6 is 0 Å². The molecule has 0 aromatic carbocycles. The zero-order chi connectivity index (χ0) is 11.1. The SMILES string of the molecule is C#CCNC(=O)C(C)N(C)CC(C)O.